The van der Waals surface area contributed by atoms with E-state index in [2.05, 4.69) is 124 Å². The van der Waals surface area contributed by atoms with Crippen molar-refractivity contribution in [2.24, 2.45) is 0 Å². The van der Waals surface area contributed by atoms with Gasteiger partial charge in [-0.25, -0.2) is 9.37 Å². The lowest BCUT2D eigenvalue weighted by Crippen LogP contribution is -1.98. The van der Waals surface area contributed by atoms with Gasteiger partial charge in [-0.15, -0.1) is 0 Å². The molecule has 0 aliphatic rings. The van der Waals surface area contributed by atoms with Crippen molar-refractivity contribution >= 4 is 65.6 Å². The van der Waals surface area contributed by atoms with Crippen molar-refractivity contribution in [2.45, 2.75) is 0 Å². The lowest BCUT2D eigenvalue weighted by molar-refractivity contribution is 0.584. The predicted octanol–water partition coefficient (Wildman–Crippen LogP) is 12.6. The van der Waals surface area contributed by atoms with Crippen LogP contribution in [0.1, 0.15) is 0 Å². The van der Waals surface area contributed by atoms with Gasteiger partial charge in [0.05, 0.1) is 27.8 Å². The minimum Gasteiger partial charge on any atom is -0.452 e. The normalized spacial score (nSPS) is 11.9. The van der Waals surface area contributed by atoms with Crippen LogP contribution >= 0.6 is 0 Å². The van der Waals surface area contributed by atoms with E-state index in [1.807, 2.05) is 42.5 Å². The quantitative estimate of drug-likeness (QED) is 0.187. The third-order valence-electron chi connectivity index (χ3n) is 10.4. The maximum Gasteiger partial charge on any atom is 0.171 e. The van der Waals surface area contributed by atoms with E-state index in [0.717, 1.165) is 66.5 Å². The topological polar surface area (TPSA) is 35.9 Å². The number of aromatic nitrogens is 3. The van der Waals surface area contributed by atoms with Crippen LogP contribution in [0.3, 0.4) is 0 Å². The van der Waals surface area contributed by atoms with E-state index >= 15 is 0 Å². The molecule has 0 atom stereocenters. The van der Waals surface area contributed by atoms with Crippen molar-refractivity contribution in [1.82, 2.24) is 14.1 Å². The van der Waals surface area contributed by atoms with Gasteiger partial charge in [-0.3, -0.25) is 4.57 Å². The number of fused-ring (bicyclic) bond motifs is 9. The zero-order chi connectivity index (χ0) is 34.3. The Kier molecular flexibility index (Phi) is 6.10. The van der Waals surface area contributed by atoms with Gasteiger partial charge < -0.3 is 8.98 Å². The Morgan fingerprint density at radius 2 is 1.04 bits per heavy atom. The average Bonchev–Trinajstić information content (AvgIpc) is 3.86. The van der Waals surface area contributed by atoms with Gasteiger partial charge in [0.15, 0.2) is 11.4 Å². The summed E-state index contributed by atoms with van der Waals surface area (Å²) in [5.41, 5.74) is 10.4. The van der Waals surface area contributed by atoms with Crippen LogP contribution in [-0.4, -0.2) is 14.1 Å². The third-order valence-corrected chi connectivity index (χ3v) is 10.4. The van der Waals surface area contributed by atoms with Crippen molar-refractivity contribution in [3.8, 4) is 33.9 Å². The number of benzene rings is 7. The zero-order valence-corrected chi connectivity index (χ0v) is 27.8. The highest BCUT2D eigenvalue weighted by Crippen LogP contribution is 2.40. The number of hydrogen-bond donors (Lipinski definition) is 0. The molecular weight excluding hydrogens is 642 g/mol. The van der Waals surface area contributed by atoms with Crippen molar-refractivity contribution in [2.75, 3.05) is 0 Å². The minimum atomic E-state index is -0.372. The number of furan rings is 1. The molecule has 0 bridgehead atoms. The maximum atomic E-state index is 14.8. The van der Waals surface area contributed by atoms with Crippen LogP contribution in [0.4, 0.5) is 4.39 Å². The molecule has 7 aromatic carbocycles. The van der Waals surface area contributed by atoms with Crippen molar-refractivity contribution in [3.63, 3.8) is 0 Å². The van der Waals surface area contributed by atoms with Crippen LogP contribution in [0.25, 0.3) is 99.4 Å². The van der Waals surface area contributed by atoms with Gasteiger partial charge in [-0.2, -0.15) is 0 Å². The van der Waals surface area contributed by atoms with Crippen LogP contribution in [0.2, 0.25) is 0 Å². The molecule has 0 amide bonds. The summed E-state index contributed by atoms with van der Waals surface area (Å²) >= 11 is 0. The molecular formula is C47H28FN3O. The Morgan fingerprint density at radius 1 is 0.423 bits per heavy atom. The van der Waals surface area contributed by atoms with Crippen LogP contribution in [0.5, 0.6) is 0 Å². The first-order valence-electron chi connectivity index (χ1n) is 17.4. The second kappa shape index (κ2) is 11.0. The molecule has 0 N–H and O–H groups in total. The average molecular weight is 670 g/mol. The van der Waals surface area contributed by atoms with Crippen molar-refractivity contribution in [3.05, 3.63) is 176 Å². The van der Waals surface area contributed by atoms with Gasteiger partial charge in [0.1, 0.15) is 11.4 Å². The summed E-state index contributed by atoms with van der Waals surface area (Å²) < 4.78 is 25.5. The molecule has 0 saturated heterocycles. The van der Waals surface area contributed by atoms with Crippen molar-refractivity contribution < 1.29 is 8.81 Å². The molecule has 0 unspecified atom stereocenters. The molecule has 0 aliphatic carbocycles. The monoisotopic (exact) mass is 669 g/mol. The molecule has 11 rings (SSSR count). The Bertz CT molecular complexity index is 3200. The molecule has 4 aromatic heterocycles. The summed E-state index contributed by atoms with van der Waals surface area (Å²) in [6, 6.07) is 58.2. The number of hydrogen-bond acceptors (Lipinski definition) is 2. The van der Waals surface area contributed by atoms with Crippen LogP contribution in [0.15, 0.2) is 174 Å². The van der Waals surface area contributed by atoms with Gasteiger partial charge in [0, 0.05) is 43.6 Å². The highest BCUT2D eigenvalue weighted by molar-refractivity contribution is 6.13. The van der Waals surface area contributed by atoms with Crippen LogP contribution in [-0.2, 0) is 0 Å². The first-order chi connectivity index (χ1) is 25.7. The fourth-order valence-corrected chi connectivity index (χ4v) is 8.09. The number of pyridine rings is 1. The largest absolute Gasteiger partial charge is 0.452 e. The summed E-state index contributed by atoms with van der Waals surface area (Å²) in [7, 11) is 0. The van der Waals surface area contributed by atoms with E-state index in [9.17, 15) is 4.39 Å². The Balaban J connectivity index is 1.10. The Labute approximate surface area is 297 Å². The molecule has 0 fully saturated rings. The van der Waals surface area contributed by atoms with Gasteiger partial charge in [-0.1, -0.05) is 103 Å². The number of para-hydroxylation sites is 5. The number of halogens is 1. The van der Waals surface area contributed by atoms with E-state index in [-0.39, 0.29) is 11.4 Å². The van der Waals surface area contributed by atoms with Gasteiger partial charge >= 0.3 is 0 Å². The maximum absolute atomic E-state index is 14.8. The number of rotatable bonds is 4. The first-order valence-corrected chi connectivity index (χ1v) is 17.4. The smallest absolute Gasteiger partial charge is 0.171 e. The molecule has 52 heavy (non-hydrogen) atoms. The molecule has 4 heterocycles. The second-order valence-electron chi connectivity index (χ2n) is 13.3. The van der Waals surface area contributed by atoms with E-state index in [0.29, 0.717) is 5.58 Å². The summed E-state index contributed by atoms with van der Waals surface area (Å²) in [6.07, 6.45) is 0. The van der Waals surface area contributed by atoms with Crippen molar-refractivity contribution in [1.29, 1.82) is 0 Å². The summed E-state index contributed by atoms with van der Waals surface area (Å²) in [5, 5.41) is 6.37. The molecule has 0 saturated carbocycles. The summed E-state index contributed by atoms with van der Waals surface area (Å²) in [4.78, 5) is 5.24. The molecule has 11 aromatic rings. The van der Waals surface area contributed by atoms with E-state index in [1.165, 1.54) is 27.9 Å². The zero-order valence-electron chi connectivity index (χ0n) is 27.8. The Morgan fingerprint density at radius 3 is 1.88 bits per heavy atom. The molecule has 244 valence electrons. The summed E-state index contributed by atoms with van der Waals surface area (Å²) in [6.45, 7) is 0. The minimum absolute atomic E-state index is 0.263. The third kappa shape index (κ3) is 4.17. The fraction of sp³-hybridized carbons (Fsp3) is 0. The molecule has 0 radical (unpaired) electrons. The highest BCUT2D eigenvalue weighted by Gasteiger charge is 2.19. The Hall–Kier alpha value is -6.98. The van der Waals surface area contributed by atoms with E-state index in [4.69, 9.17) is 9.40 Å². The SMILES string of the molecule is Fc1cccc2c1oc1c(-c3cccc(-n4c5ccccc5c5ccc(-c6ccc7c(c6)c6ccccc6n7-c6ccccc6)cc54)n3)cccc12. The second-order valence-corrected chi connectivity index (χ2v) is 13.3. The molecule has 0 aliphatic heterocycles. The lowest BCUT2D eigenvalue weighted by Gasteiger charge is -2.11. The van der Waals surface area contributed by atoms with Crippen LogP contribution in [0, 0.1) is 5.82 Å². The highest BCUT2D eigenvalue weighted by atomic mass is 19.1. The van der Waals surface area contributed by atoms with E-state index < -0.39 is 0 Å². The molecule has 5 heteroatoms. The fourth-order valence-electron chi connectivity index (χ4n) is 8.09. The van der Waals surface area contributed by atoms with Gasteiger partial charge in [0.2, 0.25) is 0 Å². The number of nitrogens with zero attached hydrogens (tertiary/aromatic N) is 3. The predicted molar refractivity (Wildman–Crippen MR) is 211 cm³/mol. The summed E-state index contributed by atoms with van der Waals surface area (Å²) in [5.74, 6) is 0.421. The molecule has 0 spiro atoms. The van der Waals surface area contributed by atoms with Gasteiger partial charge in [0.25, 0.3) is 0 Å². The van der Waals surface area contributed by atoms with E-state index in [1.54, 1.807) is 6.07 Å². The molecule has 4 nitrogen and oxygen atoms in total. The van der Waals surface area contributed by atoms with Crippen LogP contribution < -0.4 is 0 Å². The standard InChI is InChI=1S/C47H28FN3O/c48-39-18-9-16-36-35-15-8-17-37(46(35)52-47(36)39)40-19-10-22-45(49-40)51-42-21-7-4-13-32(42)34-25-23-30(28-44(34)51)29-24-26-43-38(27-29)33-14-5-6-20-41(33)50(43)31-11-2-1-3-12-31/h1-28H. The lowest BCUT2D eigenvalue weighted by atomic mass is 10.0. The first kappa shape index (κ1) is 28.8. The van der Waals surface area contributed by atoms with Gasteiger partial charge in [-0.05, 0) is 77.9 Å².